The number of ether oxygens (including phenoxy) is 2. The van der Waals surface area contributed by atoms with Crippen molar-refractivity contribution in [1.29, 1.82) is 0 Å². The lowest BCUT2D eigenvalue weighted by molar-refractivity contribution is -0.140. The second-order valence-electron chi connectivity index (χ2n) is 8.30. The number of rotatable bonds is 7. The molecule has 1 aliphatic rings. The number of aliphatic hydroxyl groups is 1. The van der Waals surface area contributed by atoms with Crippen LogP contribution in [0, 0.1) is 0 Å². The van der Waals surface area contributed by atoms with E-state index in [1.54, 1.807) is 12.1 Å². The molecule has 1 fully saturated rings. The molecule has 1 aliphatic heterocycles. The number of methoxy groups -OCH3 is 2. The van der Waals surface area contributed by atoms with Gasteiger partial charge in [-0.05, 0) is 36.2 Å². The number of carbonyl (C=O) groups excluding carboxylic acids is 2. The molecule has 4 aromatic rings. The Balaban J connectivity index is 1.58. The minimum absolute atomic E-state index is 0.100. The van der Waals surface area contributed by atoms with Crippen LogP contribution in [0.4, 0.5) is 0 Å². The van der Waals surface area contributed by atoms with E-state index in [0.717, 1.165) is 16.5 Å². The molecule has 9 heteroatoms. The Morgan fingerprint density at radius 3 is 2.61 bits per heavy atom. The number of nitrogens with one attached hydrogen (secondary N) is 1. The Bertz CT molecular complexity index is 1490. The molecule has 3 heterocycles. The highest BCUT2D eigenvalue weighted by atomic mass is 35.5. The largest absolute Gasteiger partial charge is 0.507 e. The predicted molar refractivity (Wildman–Crippen MR) is 134 cm³/mol. The fraction of sp³-hybridized carbons (Fsp3) is 0.185. The van der Waals surface area contributed by atoms with Gasteiger partial charge in [-0.3, -0.25) is 9.59 Å². The summed E-state index contributed by atoms with van der Waals surface area (Å²) in [6, 6.07) is 13.2. The number of ketones is 1. The fourth-order valence-corrected chi connectivity index (χ4v) is 4.85. The van der Waals surface area contributed by atoms with Crippen LogP contribution in [0.3, 0.4) is 0 Å². The fourth-order valence-electron chi connectivity index (χ4n) is 4.62. The first kappa shape index (κ1) is 23.6. The van der Waals surface area contributed by atoms with Crippen LogP contribution in [0.25, 0.3) is 16.7 Å². The number of H-pyrrole nitrogens is 1. The van der Waals surface area contributed by atoms with E-state index in [0.29, 0.717) is 12.2 Å². The molecule has 1 atom stereocenters. The standard InChI is InChI=1S/C27H23ClN2O6/c1-34-21-13-18(28)22(35-2)12-17(21)25(31)23-24(20-8-5-11-36-20)30(27(33)26(23)32)10-9-15-14-29-19-7-4-3-6-16(15)19/h3-8,11-14,24,29,31H,9-10H2,1-2H3/b25-23+. The van der Waals surface area contributed by atoms with Crippen molar-refractivity contribution in [3.05, 3.63) is 88.5 Å². The minimum Gasteiger partial charge on any atom is -0.507 e. The lowest BCUT2D eigenvalue weighted by Gasteiger charge is -2.23. The van der Waals surface area contributed by atoms with Crippen LogP contribution in [-0.4, -0.2) is 47.4 Å². The molecule has 0 aliphatic carbocycles. The third-order valence-electron chi connectivity index (χ3n) is 6.38. The van der Waals surface area contributed by atoms with E-state index >= 15 is 0 Å². The molecule has 0 bridgehead atoms. The maximum absolute atomic E-state index is 13.3. The number of aromatic nitrogens is 1. The molecule has 1 amide bonds. The lowest BCUT2D eigenvalue weighted by atomic mass is 9.98. The van der Waals surface area contributed by atoms with Gasteiger partial charge in [-0.15, -0.1) is 0 Å². The van der Waals surface area contributed by atoms with Gasteiger partial charge >= 0.3 is 0 Å². The Labute approximate surface area is 211 Å². The zero-order valence-electron chi connectivity index (χ0n) is 19.6. The lowest BCUT2D eigenvalue weighted by Crippen LogP contribution is -2.31. The normalized spacial score (nSPS) is 17.2. The molecule has 2 N–H and O–H groups in total. The summed E-state index contributed by atoms with van der Waals surface area (Å²) in [6.07, 6.45) is 3.85. The monoisotopic (exact) mass is 506 g/mol. The highest BCUT2D eigenvalue weighted by Gasteiger charge is 2.47. The van der Waals surface area contributed by atoms with Gasteiger partial charge in [-0.2, -0.15) is 0 Å². The summed E-state index contributed by atoms with van der Waals surface area (Å²) in [6.45, 7) is 0.232. The number of Topliss-reactive ketones (excluding diaryl/α,β-unsaturated/α-hetero) is 1. The van der Waals surface area contributed by atoms with Gasteiger partial charge in [-0.25, -0.2) is 0 Å². The first-order chi connectivity index (χ1) is 17.4. The van der Waals surface area contributed by atoms with Crippen molar-refractivity contribution in [3.63, 3.8) is 0 Å². The molecule has 0 radical (unpaired) electrons. The van der Waals surface area contributed by atoms with Gasteiger partial charge in [0.1, 0.15) is 29.1 Å². The zero-order chi connectivity index (χ0) is 25.4. The summed E-state index contributed by atoms with van der Waals surface area (Å²) in [5, 5.41) is 12.7. The number of benzene rings is 2. The highest BCUT2D eigenvalue weighted by molar-refractivity contribution is 6.46. The summed E-state index contributed by atoms with van der Waals surface area (Å²) >= 11 is 6.21. The Morgan fingerprint density at radius 1 is 1.11 bits per heavy atom. The number of hydrogen-bond donors (Lipinski definition) is 2. The third-order valence-corrected chi connectivity index (χ3v) is 6.67. The highest BCUT2D eigenvalue weighted by Crippen LogP contribution is 2.43. The van der Waals surface area contributed by atoms with Crippen LogP contribution < -0.4 is 9.47 Å². The number of furan rings is 1. The third kappa shape index (κ3) is 3.89. The average molecular weight is 507 g/mol. The summed E-state index contributed by atoms with van der Waals surface area (Å²) in [5.74, 6) is -1.09. The summed E-state index contributed by atoms with van der Waals surface area (Å²) < 4.78 is 16.3. The van der Waals surface area contributed by atoms with Crippen molar-refractivity contribution < 1.29 is 28.6 Å². The van der Waals surface area contributed by atoms with E-state index in [-0.39, 0.29) is 34.2 Å². The van der Waals surface area contributed by atoms with Gasteiger partial charge < -0.3 is 28.9 Å². The predicted octanol–water partition coefficient (Wildman–Crippen LogP) is 5.10. The first-order valence-electron chi connectivity index (χ1n) is 11.2. The number of carbonyl (C=O) groups is 2. The zero-order valence-corrected chi connectivity index (χ0v) is 20.3. The molecule has 0 saturated carbocycles. The van der Waals surface area contributed by atoms with Crippen LogP contribution >= 0.6 is 11.6 Å². The summed E-state index contributed by atoms with van der Waals surface area (Å²) in [4.78, 5) is 31.1. The van der Waals surface area contributed by atoms with Crippen LogP contribution in [0.15, 0.2) is 71.0 Å². The minimum atomic E-state index is -0.920. The molecule has 5 rings (SSSR count). The smallest absolute Gasteiger partial charge is 0.295 e. The molecule has 1 saturated heterocycles. The molecule has 8 nitrogen and oxygen atoms in total. The second kappa shape index (κ2) is 9.47. The van der Waals surface area contributed by atoms with E-state index in [9.17, 15) is 14.7 Å². The van der Waals surface area contributed by atoms with Crippen LogP contribution in [0.2, 0.25) is 5.02 Å². The van der Waals surface area contributed by atoms with Crippen molar-refractivity contribution in [3.8, 4) is 11.5 Å². The van der Waals surface area contributed by atoms with Crippen molar-refractivity contribution >= 4 is 40.0 Å². The molecule has 1 unspecified atom stereocenters. The molecule has 36 heavy (non-hydrogen) atoms. The molecular formula is C27H23ClN2O6. The Hall–Kier alpha value is -4.17. The van der Waals surface area contributed by atoms with Gasteiger partial charge in [0.25, 0.3) is 11.7 Å². The first-order valence-corrected chi connectivity index (χ1v) is 11.6. The Morgan fingerprint density at radius 2 is 1.89 bits per heavy atom. The molecular weight excluding hydrogens is 484 g/mol. The number of aromatic amines is 1. The van der Waals surface area contributed by atoms with Crippen LogP contribution in [0.1, 0.15) is 22.9 Å². The maximum atomic E-state index is 13.3. The average Bonchev–Trinajstić information content (AvgIpc) is 3.62. The summed E-state index contributed by atoms with van der Waals surface area (Å²) in [7, 11) is 2.85. The number of halogens is 1. The van der Waals surface area contributed by atoms with Crippen LogP contribution in [-0.2, 0) is 16.0 Å². The van der Waals surface area contributed by atoms with Gasteiger partial charge in [-0.1, -0.05) is 29.8 Å². The molecule has 2 aromatic carbocycles. The molecule has 2 aromatic heterocycles. The maximum Gasteiger partial charge on any atom is 0.295 e. The summed E-state index contributed by atoms with van der Waals surface area (Å²) in [5.41, 5.74) is 2.07. The number of amides is 1. The van der Waals surface area contributed by atoms with E-state index in [2.05, 4.69) is 4.98 Å². The van der Waals surface area contributed by atoms with Gasteiger partial charge in [0.05, 0.1) is 36.6 Å². The number of fused-ring (bicyclic) bond motifs is 1. The van der Waals surface area contributed by atoms with Gasteiger partial charge in [0, 0.05) is 29.7 Å². The van der Waals surface area contributed by atoms with Crippen molar-refractivity contribution in [2.75, 3.05) is 20.8 Å². The number of hydrogen-bond acceptors (Lipinski definition) is 6. The number of likely N-dealkylation sites (tertiary alicyclic amines) is 1. The second-order valence-corrected chi connectivity index (χ2v) is 8.71. The van der Waals surface area contributed by atoms with Gasteiger partial charge in [0.2, 0.25) is 0 Å². The Kier molecular flexibility index (Phi) is 6.20. The van der Waals surface area contributed by atoms with Crippen molar-refractivity contribution in [2.45, 2.75) is 12.5 Å². The van der Waals surface area contributed by atoms with Gasteiger partial charge in [0.15, 0.2) is 0 Å². The topological polar surface area (TPSA) is 105 Å². The van der Waals surface area contributed by atoms with Crippen molar-refractivity contribution in [1.82, 2.24) is 9.88 Å². The number of nitrogens with zero attached hydrogens (tertiary/aromatic N) is 1. The SMILES string of the molecule is COc1cc(/C(O)=C2\C(=O)C(=O)N(CCc3c[nH]c4ccccc34)C2c2ccco2)c(OC)cc1Cl. The van der Waals surface area contributed by atoms with Crippen molar-refractivity contribution in [2.24, 2.45) is 0 Å². The van der Waals surface area contributed by atoms with E-state index in [1.165, 1.54) is 37.5 Å². The number of para-hydroxylation sites is 1. The quantitative estimate of drug-likeness (QED) is 0.205. The van der Waals surface area contributed by atoms with E-state index in [1.807, 2.05) is 30.5 Å². The molecule has 0 spiro atoms. The van der Waals surface area contributed by atoms with Crippen LogP contribution in [0.5, 0.6) is 11.5 Å². The molecule has 184 valence electrons. The number of aliphatic hydroxyl groups excluding tert-OH is 1. The van der Waals surface area contributed by atoms with E-state index < -0.39 is 23.5 Å². The van der Waals surface area contributed by atoms with E-state index in [4.69, 9.17) is 25.5 Å².